The molecule has 1 unspecified atom stereocenters. The summed E-state index contributed by atoms with van der Waals surface area (Å²) in [5.74, 6) is 1.82. The van der Waals surface area contributed by atoms with Crippen molar-refractivity contribution in [2.45, 2.75) is 19.9 Å². The van der Waals surface area contributed by atoms with Crippen LogP contribution in [-0.2, 0) is 11.3 Å². The van der Waals surface area contributed by atoms with Gasteiger partial charge in [0.15, 0.2) is 10.8 Å². The molecule has 24 heavy (non-hydrogen) atoms. The second-order valence-corrected chi connectivity index (χ2v) is 6.75. The fourth-order valence-corrected chi connectivity index (χ4v) is 3.55. The lowest BCUT2D eigenvalue weighted by Gasteiger charge is -2.13. The Bertz CT molecular complexity index is 903. The van der Waals surface area contributed by atoms with Gasteiger partial charge in [-0.3, -0.25) is 0 Å². The van der Waals surface area contributed by atoms with Crippen molar-refractivity contribution in [1.82, 2.24) is 19.5 Å². The Hall–Kier alpha value is -1.69. The van der Waals surface area contributed by atoms with Crippen molar-refractivity contribution in [2.24, 2.45) is 5.92 Å². The van der Waals surface area contributed by atoms with Crippen LogP contribution in [-0.4, -0.2) is 32.7 Å². The summed E-state index contributed by atoms with van der Waals surface area (Å²) in [5.41, 5.74) is 2.22. The molecule has 0 saturated carbocycles. The molecule has 0 radical (unpaired) electrons. The zero-order valence-corrected chi connectivity index (χ0v) is 14.7. The van der Waals surface area contributed by atoms with E-state index in [1.165, 1.54) is 0 Å². The summed E-state index contributed by atoms with van der Waals surface area (Å²) in [4.78, 5) is 13.5. The summed E-state index contributed by atoms with van der Waals surface area (Å²) in [6.45, 7) is 4.15. The van der Waals surface area contributed by atoms with E-state index in [-0.39, 0.29) is 0 Å². The number of halogens is 2. The fourth-order valence-electron chi connectivity index (χ4n) is 3.08. The Balaban J connectivity index is 1.94. The first kappa shape index (κ1) is 15.8. The van der Waals surface area contributed by atoms with E-state index in [1.807, 2.05) is 31.2 Å². The smallest absolute Gasteiger partial charge is 0.165 e. The van der Waals surface area contributed by atoms with Gasteiger partial charge in [0.2, 0.25) is 0 Å². The molecular formula is C17H16Cl2N4O. The lowest BCUT2D eigenvalue weighted by atomic mass is 10.1. The third-order valence-corrected chi connectivity index (χ3v) is 4.84. The van der Waals surface area contributed by atoms with Crippen molar-refractivity contribution in [1.29, 1.82) is 0 Å². The van der Waals surface area contributed by atoms with E-state index in [4.69, 9.17) is 32.9 Å². The lowest BCUT2D eigenvalue weighted by Crippen LogP contribution is -2.12. The molecule has 0 aliphatic carbocycles. The van der Waals surface area contributed by atoms with Gasteiger partial charge in [-0.15, -0.1) is 0 Å². The van der Waals surface area contributed by atoms with E-state index in [0.29, 0.717) is 27.4 Å². The summed E-state index contributed by atoms with van der Waals surface area (Å²) in [7, 11) is 0. The third kappa shape index (κ3) is 2.77. The average Bonchev–Trinajstić information content (AvgIpc) is 3.17. The number of hydrogen-bond acceptors (Lipinski definition) is 4. The number of rotatable bonds is 3. The average molecular weight is 363 g/mol. The van der Waals surface area contributed by atoms with Crippen LogP contribution in [0.15, 0.2) is 24.3 Å². The molecular weight excluding hydrogens is 347 g/mol. The molecule has 2 aromatic heterocycles. The second kappa shape index (κ2) is 6.31. The summed E-state index contributed by atoms with van der Waals surface area (Å²) in [5, 5.41) is 1.02. The molecule has 0 spiro atoms. The molecule has 3 aromatic rings. The molecule has 1 atom stereocenters. The number of aromatic nitrogens is 4. The highest BCUT2D eigenvalue weighted by Crippen LogP contribution is 2.32. The first-order valence-corrected chi connectivity index (χ1v) is 8.62. The van der Waals surface area contributed by atoms with Crippen LogP contribution in [0.4, 0.5) is 0 Å². The van der Waals surface area contributed by atoms with Crippen LogP contribution in [0.3, 0.4) is 0 Å². The second-order valence-electron chi connectivity index (χ2n) is 5.99. The highest BCUT2D eigenvalue weighted by Gasteiger charge is 2.23. The summed E-state index contributed by atoms with van der Waals surface area (Å²) in [6.07, 6.45) is 1.03. The molecule has 0 amide bonds. The molecule has 3 heterocycles. The first-order valence-electron chi connectivity index (χ1n) is 7.86. The Kier molecular flexibility index (Phi) is 4.16. The third-order valence-electron chi connectivity index (χ3n) is 4.24. The van der Waals surface area contributed by atoms with Crippen LogP contribution >= 0.6 is 23.2 Å². The maximum atomic E-state index is 6.40. The molecule has 1 aliphatic rings. The monoisotopic (exact) mass is 362 g/mol. The molecule has 1 fully saturated rings. The van der Waals surface area contributed by atoms with Crippen LogP contribution in [0, 0.1) is 12.8 Å². The Labute approximate surface area is 149 Å². The maximum absolute atomic E-state index is 6.40. The van der Waals surface area contributed by atoms with E-state index in [1.54, 1.807) is 0 Å². The zero-order chi connectivity index (χ0) is 16.7. The molecule has 0 bridgehead atoms. The Morgan fingerprint density at radius 3 is 2.79 bits per heavy atom. The minimum absolute atomic E-state index is 0.368. The van der Waals surface area contributed by atoms with Gasteiger partial charge in [-0.05, 0) is 25.5 Å². The molecule has 7 heteroatoms. The number of hydrogen-bond donors (Lipinski definition) is 0. The van der Waals surface area contributed by atoms with Gasteiger partial charge in [0, 0.05) is 24.6 Å². The summed E-state index contributed by atoms with van der Waals surface area (Å²) < 4.78 is 7.61. The van der Waals surface area contributed by atoms with Gasteiger partial charge in [-0.2, -0.15) is 0 Å². The van der Waals surface area contributed by atoms with Crippen molar-refractivity contribution in [3.63, 3.8) is 0 Å². The zero-order valence-electron chi connectivity index (χ0n) is 13.2. The van der Waals surface area contributed by atoms with Gasteiger partial charge in [-0.25, -0.2) is 15.0 Å². The largest absolute Gasteiger partial charge is 0.381 e. The van der Waals surface area contributed by atoms with Crippen molar-refractivity contribution in [3.8, 4) is 11.4 Å². The molecule has 1 aliphatic heterocycles. The van der Waals surface area contributed by atoms with Crippen LogP contribution < -0.4 is 0 Å². The molecule has 124 valence electrons. The molecule has 0 N–H and O–H groups in total. The highest BCUT2D eigenvalue weighted by molar-refractivity contribution is 6.34. The van der Waals surface area contributed by atoms with Crippen molar-refractivity contribution in [3.05, 3.63) is 40.3 Å². The van der Waals surface area contributed by atoms with Gasteiger partial charge < -0.3 is 9.30 Å². The van der Waals surface area contributed by atoms with Crippen molar-refractivity contribution in [2.75, 3.05) is 13.2 Å². The minimum Gasteiger partial charge on any atom is -0.381 e. The summed E-state index contributed by atoms with van der Waals surface area (Å²) in [6, 6.07) is 7.67. The SMILES string of the molecule is Cc1nc(Cl)c2nc(-c3ccccc3Cl)n(CC3CCOC3)c2n1. The number of ether oxygens (including phenoxy) is 1. The van der Waals surface area contributed by atoms with Gasteiger partial charge >= 0.3 is 0 Å². The normalized spacial score (nSPS) is 17.7. The number of imidazole rings is 1. The van der Waals surface area contributed by atoms with Crippen LogP contribution in [0.1, 0.15) is 12.2 Å². The van der Waals surface area contributed by atoms with E-state index >= 15 is 0 Å². The molecule has 5 nitrogen and oxygen atoms in total. The van der Waals surface area contributed by atoms with E-state index in [0.717, 1.165) is 43.2 Å². The maximum Gasteiger partial charge on any atom is 0.165 e. The van der Waals surface area contributed by atoms with Crippen LogP contribution in [0.5, 0.6) is 0 Å². The van der Waals surface area contributed by atoms with Gasteiger partial charge in [0.1, 0.15) is 17.2 Å². The van der Waals surface area contributed by atoms with E-state index in [9.17, 15) is 0 Å². The molecule has 1 saturated heterocycles. The van der Waals surface area contributed by atoms with Crippen molar-refractivity contribution >= 4 is 34.4 Å². The fraction of sp³-hybridized carbons (Fsp3) is 0.353. The summed E-state index contributed by atoms with van der Waals surface area (Å²) >= 11 is 12.7. The topological polar surface area (TPSA) is 52.8 Å². The Morgan fingerprint density at radius 2 is 2.04 bits per heavy atom. The first-order chi connectivity index (χ1) is 11.6. The van der Waals surface area contributed by atoms with Gasteiger partial charge in [0.05, 0.1) is 11.6 Å². The van der Waals surface area contributed by atoms with Crippen LogP contribution in [0.2, 0.25) is 10.2 Å². The number of fused-ring (bicyclic) bond motifs is 1. The van der Waals surface area contributed by atoms with E-state index < -0.39 is 0 Å². The van der Waals surface area contributed by atoms with Crippen molar-refractivity contribution < 1.29 is 4.74 Å². The Morgan fingerprint density at radius 1 is 1.21 bits per heavy atom. The minimum atomic E-state index is 0.368. The molecule has 1 aromatic carbocycles. The standard InChI is InChI=1S/C17H16Cl2N4O/c1-10-20-15(19)14-17(21-10)23(8-11-6-7-24-9-11)16(22-14)12-4-2-3-5-13(12)18/h2-5,11H,6-9H2,1H3. The predicted molar refractivity (Wildman–Crippen MR) is 94.4 cm³/mol. The predicted octanol–water partition coefficient (Wildman–Crippen LogP) is 4.15. The number of aryl methyl sites for hydroxylation is 1. The van der Waals surface area contributed by atoms with Crippen LogP contribution in [0.25, 0.3) is 22.6 Å². The highest BCUT2D eigenvalue weighted by atomic mass is 35.5. The van der Waals surface area contributed by atoms with Gasteiger partial charge in [0.25, 0.3) is 0 Å². The quantitative estimate of drug-likeness (QED) is 0.656. The van der Waals surface area contributed by atoms with Gasteiger partial charge in [-0.1, -0.05) is 35.3 Å². The van der Waals surface area contributed by atoms with E-state index in [2.05, 4.69) is 14.5 Å². The number of benzene rings is 1. The lowest BCUT2D eigenvalue weighted by molar-refractivity contribution is 0.183. The molecule has 4 rings (SSSR count). The number of nitrogens with zero attached hydrogens (tertiary/aromatic N) is 4.